The van der Waals surface area contributed by atoms with Gasteiger partial charge in [0.2, 0.25) is 0 Å². The molecule has 0 aromatic heterocycles. The molecule has 0 rings (SSSR count). The van der Waals surface area contributed by atoms with E-state index in [2.05, 4.69) is 11.8 Å². The van der Waals surface area contributed by atoms with Gasteiger partial charge < -0.3 is 10.0 Å². The summed E-state index contributed by atoms with van der Waals surface area (Å²) in [6.45, 7) is 2.27. The molecule has 0 saturated heterocycles. The number of unbranched alkanes of at least 4 members (excludes halogenated alkanes) is 12. The predicted octanol–water partition coefficient (Wildman–Crippen LogP) is 5.87. The molecule has 0 saturated carbocycles. The van der Waals surface area contributed by atoms with Crippen LogP contribution >= 0.6 is 0 Å². The van der Waals surface area contributed by atoms with Crippen LogP contribution in [-0.2, 0) is 4.79 Å². The summed E-state index contributed by atoms with van der Waals surface area (Å²) in [7, 11) is 3.96. The fourth-order valence-electron chi connectivity index (χ4n) is 3.14. The Labute approximate surface area is 144 Å². The van der Waals surface area contributed by atoms with Crippen LogP contribution in [0.3, 0.4) is 0 Å². The second-order valence-corrected chi connectivity index (χ2v) is 7.25. The van der Waals surface area contributed by atoms with Crippen molar-refractivity contribution < 1.29 is 9.90 Å². The fourth-order valence-corrected chi connectivity index (χ4v) is 3.14. The van der Waals surface area contributed by atoms with Gasteiger partial charge in [0.15, 0.2) is 0 Å². The Kier molecular flexibility index (Phi) is 15.9. The highest BCUT2D eigenvalue weighted by atomic mass is 16.4. The molecule has 23 heavy (non-hydrogen) atoms. The molecule has 1 unspecified atom stereocenters. The summed E-state index contributed by atoms with van der Waals surface area (Å²) in [5.74, 6) is -0.682. The molecule has 3 heteroatoms. The number of carboxylic acids is 1. The van der Waals surface area contributed by atoms with Crippen molar-refractivity contribution in [2.24, 2.45) is 0 Å². The molecule has 1 atom stereocenters. The Morgan fingerprint density at radius 2 is 1.17 bits per heavy atom. The first-order valence-corrected chi connectivity index (χ1v) is 9.96. The monoisotopic (exact) mass is 327 g/mol. The third-order valence-electron chi connectivity index (χ3n) is 4.78. The second-order valence-electron chi connectivity index (χ2n) is 7.25. The van der Waals surface area contributed by atoms with Crippen LogP contribution in [0.2, 0.25) is 0 Å². The lowest BCUT2D eigenvalue weighted by Crippen LogP contribution is -2.30. The topological polar surface area (TPSA) is 40.5 Å². The van der Waals surface area contributed by atoms with E-state index in [9.17, 15) is 4.79 Å². The zero-order chi connectivity index (χ0) is 17.3. The van der Waals surface area contributed by atoms with Crippen LogP contribution in [0.1, 0.15) is 103 Å². The Balaban J connectivity index is 3.30. The molecule has 0 heterocycles. The van der Waals surface area contributed by atoms with Crippen LogP contribution < -0.4 is 0 Å². The van der Waals surface area contributed by atoms with Gasteiger partial charge in [0.05, 0.1) is 6.42 Å². The lowest BCUT2D eigenvalue weighted by atomic mass is 10.0. The first-order valence-electron chi connectivity index (χ1n) is 9.96. The van der Waals surface area contributed by atoms with Crippen molar-refractivity contribution in [2.45, 2.75) is 109 Å². The summed E-state index contributed by atoms with van der Waals surface area (Å²) in [5.41, 5.74) is 0. The minimum atomic E-state index is -0.682. The van der Waals surface area contributed by atoms with E-state index in [4.69, 9.17) is 5.11 Å². The van der Waals surface area contributed by atoms with Crippen molar-refractivity contribution in [1.29, 1.82) is 0 Å². The SMILES string of the molecule is CCCCCCCCCCCCCCCC(CC(=O)O)N(C)C. The largest absolute Gasteiger partial charge is 0.481 e. The minimum Gasteiger partial charge on any atom is -0.481 e. The van der Waals surface area contributed by atoms with E-state index in [0.717, 1.165) is 12.8 Å². The fraction of sp³-hybridized carbons (Fsp3) is 0.950. The molecule has 0 aliphatic carbocycles. The highest BCUT2D eigenvalue weighted by Crippen LogP contribution is 2.15. The zero-order valence-corrected chi connectivity index (χ0v) is 16.0. The number of hydrogen-bond donors (Lipinski definition) is 1. The number of carbonyl (C=O) groups is 1. The van der Waals surface area contributed by atoms with Gasteiger partial charge >= 0.3 is 5.97 Å². The zero-order valence-electron chi connectivity index (χ0n) is 16.0. The maximum atomic E-state index is 10.8. The number of hydrogen-bond acceptors (Lipinski definition) is 2. The molecule has 0 radical (unpaired) electrons. The summed E-state index contributed by atoms with van der Waals surface area (Å²) in [6.07, 6.45) is 19.0. The van der Waals surface area contributed by atoms with E-state index >= 15 is 0 Å². The molecule has 1 N–H and O–H groups in total. The molecule has 0 fully saturated rings. The molecule has 0 spiro atoms. The Hall–Kier alpha value is -0.570. The Morgan fingerprint density at radius 3 is 1.52 bits per heavy atom. The van der Waals surface area contributed by atoms with Crippen LogP contribution in [0.15, 0.2) is 0 Å². The molecule has 3 nitrogen and oxygen atoms in total. The molecular weight excluding hydrogens is 286 g/mol. The lowest BCUT2D eigenvalue weighted by molar-refractivity contribution is -0.138. The Morgan fingerprint density at radius 1 is 0.783 bits per heavy atom. The number of nitrogens with zero attached hydrogens (tertiary/aromatic N) is 1. The summed E-state index contributed by atoms with van der Waals surface area (Å²) >= 11 is 0. The molecule has 0 amide bonds. The smallest absolute Gasteiger partial charge is 0.304 e. The number of aliphatic carboxylic acids is 1. The van der Waals surface area contributed by atoms with Gasteiger partial charge in [-0.2, -0.15) is 0 Å². The average molecular weight is 328 g/mol. The number of rotatable bonds is 17. The van der Waals surface area contributed by atoms with Gasteiger partial charge in [0, 0.05) is 6.04 Å². The highest BCUT2D eigenvalue weighted by Gasteiger charge is 2.14. The standard InChI is InChI=1S/C20H41NO2/c1-4-5-6-7-8-9-10-11-12-13-14-15-16-17-19(21(2)3)18-20(22)23/h19H,4-18H2,1-3H3,(H,22,23). The summed E-state index contributed by atoms with van der Waals surface area (Å²) < 4.78 is 0. The van der Waals surface area contributed by atoms with Crippen LogP contribution in [-0.4, -0.2) is 36.1 Å². The average Bonchev–Trinajstić information content (AvgIpc) is 2.50. The van der Waals surface area contributed by atoms with Crippen LogP contribution in [0, 0.1) is 0 Å². The predicted molar refractivity (Wildman–Crippen MR) is 100 cm³/mol. The van der Waals surface area contributed by atoms with Crippen LogP contribution in [0.5, 0.6) is 0 Å². The quantitative estimate of drug-likeness (QED) is 0.339. The maximum Gasteiger partial charge on any atom is 0.304 e. The second kappa shape index (κ2) is 16.3. The van der Waals surface area contributed by atoms with Gasteiger partial charge in [-0.25, -0.2) is 0 Å². The first-order chi connectivity index (χ1) is 11.1. The summed E-state index contributed by atoms with van der Waals surface area (Å²) in [5, 5.41) is 8.91. The van der Waals surface area contributed by atoms with Gasteiger partial charge in [-0.15, -0.1) is 0 Å². The molecule has 0 bridgehead atoms. The molecule has 138 valence electrons. The van der Waals surface area contributed by atoms with Crippen molar-refractivity contribution in [1.82, 2.24) is 4.90 Å². The molecule has 0 aliphatic rings. The van der Waals surface area contributed by atoms with Crippen molar-refractivity contribution in [2.75, 3.05) is 14.1 Å². The first kappa shape index (κ1) is 22.4. The van der Waals surface area contributed by atoms with Gasteiger partial charge in [0.25, 0.3) is 0 Å². The van der Waals surface area contributed by atoms with Crippen molar-refractivity contribution in [3.05, 3.63) is 0 Å². The van der Waals surface area contributed by atoms with Gasteiger partial charge in [-0.3, -0.25) is 4.79 Å². The van der Waals surface area contributed by atoms with Crippen molar-refractivity contribution in [3.63, 3.8) is 0 Å². The normalized spacial score (nSPS) is 12.7. The Bertz CT molecular complexity index is 266. The van der Waals surface area contributed by atoms with Gasteiger partial charge in [-0.05, 0) is 20.5 Å². The third kappa shape index (κ3) is 16.1. The van der Waals surface area contributed by atoms with E-state index in [0.29, 0.717) is 0 Å². The third-order valence-corrected chi connectivity index (χ3v) is 4.78. The summed E-state index contributed by atoms with van der Waals surface area (Å²) in [6, 6.07) is 0.195. The van der Waals surface area contributed by atoms with Gasteiger partial charge in [-0.1, -0.05) is 90.4 Å². The number of carboxylic acid groups (broad SMARTS) is 1. The van der Waals surface area contributed by atoms with E-state index < -0.39 is 5.97 Å². The van der Waals surface area contributed by atoms with E-state index in [1.807, 2.05) is 14.1 Å². The van der Waals surface area contributed by atoms with Crippen LogP contribution in [0.25, 0.3) is 0 Å². The maximum absolute atomic E-state index is 10.8. The molecule has 0 aromatic rings. The summed E-state index contributed by atoms with van der Waals surface area (Å²) in [4.78, 5) is 12.9. The van der Waals surface area contributed by atoms with Crippen molar-refractivity contribution >= 4 is 5.97 Å². The van der Waals surface area contributed by atoms with Gasteiger partial charge in [0.1, 0.15) is 0 Å². The highest BCUT2D eigenvalue weighted by molar-refractivity contribution is 5.67. The molecule has 0 aliphatic heterocycles. The van der Waals surface area contributed by atoms with E-state index in [1.54, 1.807) is 0 Å². The van der Waals surface area contributed by atoms with Crippen LogP contribution in [0.4, 0.5) is 0 Å². The lowest BCUT2D eigenvalue weighted by Gasteiger charge is -2.22. The van der Waals surface area contributed by atoms with E-state index in [-0.39, 0.29) is 12.5 Å². The van der Waals surface area contributed by atoms with E-state index in [1.165, 1.54) is 77.0 Å². The minimum absolute atomic E-state index is 0.195. The molecular formula is C20H41NO2. The molecule has 0 aromatic carbocycles. The van der Waals surface area contributed by atoms with Crippen molar-refractivity contribution in [3.8, 4) is 0 Å².